The Morgan fingerprint density at radius 1 is 1.05 bits per heavy atom. The van der Waals surface area contributed by atoms with E-state index in [4.69, 9.17) is 0 Å². The molecule has 5 heteroatoms. The Kier molecular flexibility index (Phi) is 4.64. The summed E-state index contributed by atoms with van der Waals surface area (Å²) in [6, 6.07) is 12.2. The minimum Gasteiger partial charge on any atom is -0.406 e. The van der Waals surface area contributed by atoms with Crippen molar-refractivity contribution < 1.29 is 17.9 Å². The molecule has 0 unspecified atom stereocenters. The van der Waals surface area contributed by atoms with Crippen molar-refractivity contribution >= 4 is 5.69 Å². The summed E-state index contributed by atoms with van der Waals surface area (Å²) in [6.07, 6.45) is -4.67. The molecule has 22 heavy (non-hydrogen) atoms. The Balaban J connectivity index is 2.14. The number of anilines is 1. The van der Waals surface area contributed by atoms with Gasteiger partial charge >= 0.3 is 6.36 Å². The summed E-state index contributed by atoms with van der Waals surface area (Å²) < 4.78 is 40.7. The number of rotatable bonds is 4. The molecule has 0 atom stereocenters. The van der Waals surface area contributed by atoms with Crippen LogP contribution in [0, 0.1) is 13.8 Å². The fourth-order valence-electron chi connectivity index (χ4n) is 2.43. The second-order valence-corrected chi connectivity index (χ2v) is 5.34. The molecule has 0 N–H and O–H groups in total. The Labute approximate surface area is 128 Å². The maximum Gasteiger partial charge on any atom is 0.573 e. The van der Waals surface area contributed by atoms with E-state index in [2.05, 4.69) is 10.8 Å². The third-order valence-electron chi connectivity index (χ3n) is 3.32. The SMILES string of the molecule is Cc1ccc(N(C)Cc2cccc(OC(F)(F)F)c2)c(C)c1. The molecular formula is C17H18F3NO. The van der Waals surface area contributed by atoms with Crippen LogP contribution in [0.3, 0.4) is 0 Å². The van der Waals surface area contributed by atoms with Gasteiger partial charge in [0, 0.05) is 19.3 Å². The first-order chi connectivity index (χ1) is 10.2. The summed E-state index contributed by atoms with van der Waals surface area (Å²) in [4.78, 5) is 2.00. The highest BCUT2D eigenvalue weighted by Crippen LogP contribution is 2.25. The fraction of sp³-hybridized carbons (Fsp3) is 0.294. The van der Waals surface area contributed by atoms with Crippen LogP contribution < -0.4 is 9.64 Å². The van der Waals surface area contributed by atoms with Crippen LogP contribution in [0.5, 0.6) is 5.75 Å². The number of hydrogen-bond donors (Lipinski definition) is 0. The van der Waals surface area contributed by atoms with Gasteiger partial charge in [-0.3, -0.25) is 0 Å². The molecule has 2 nitrogen and oxygen atoms in total. The van der Waals surface area contributed by atoms with Gasteiger partial charge in [-0.1, -0.05) is 29.8 Å². The quantitative estimate of drug-likeness (QED) is 0.801. The number of halogens is 3. The minimum absolute atomic E-state index is 0.195. The Morgan fingerprint density at radius 2 is 1.77 bits per heavy atom. The number of hydrogen-bond acceptors (Lipinski definition) is 2. The van der Waals surface area contributed by atoms with Crippen molar-refractivity contribution in [1.82, 2.24) is 0 Å². The molecule has 0 aliphatic rings. The number of benzene rings is 2. The zero-order chi connectivity index (χ0) is 16.3. The first-order valence-electron chi connectivity index (χ1n) is 6.88. The van der Waals surface area contributed by atoms with Crippen LogP contribution in [0.2, 0.25) is 0 Å². The smallest absolute Gasteiger partial charge is 0.406 e. The van der Waals surface area contributed by atoms with E-state index in [-0.39, 0.29) is 5.75 Å². The highest BCUT2D eigenvalue weighted by molar-refractivity contribution is 5.54. The highest BCUT2D eigenvalue weighted by Gasteiger charge is 2.31. The van der Waals surface area contributed by atoms with Gasteiger partial charge < -0.3 is 9.64 Å². The molecule has 0 amide bonds. The molecule has 0 aliphatic heterocycles. The predicted octanol–water partition coefficient (Wildman–Crippen LogP) is 4.84. The molecule has 0 fully saturated rings. The lowest BCUT2D eigenvalue weighted by atomic mass is 10.1. The van der Waals surface area contributed by atoms with Crippen molar-refractivity contribution in [2.75, 3.05) is 11.9 Å². The summed E-state index contributed by atoms with van der Waals surface area (Å²) in [6.45, 7) is 4.54. The van der Waals surface area contributed by atoms with Gasteiger partial charge in [-0.05, 0) is 43.2 Å². The van der Waals surface area contributed by atoms with Gasteiger partial charge in [0.1, 0.15) is 5.75 Å². The van der Waals surface area contributed by atoms with E-state index in [0.717, 1.165) is 16.8 Å². The van der Waals surface area contributed by atoms with E-state index in [0.29, 0.717) is 6.54 Å². The average Bonchev–Trinajstić information content (AvgIpc) is 2.36. The second kappa shape index (κ2) is 6.30. The van der Waals surface area contributed by atoms with E-state index in [1.54, 1.807) is 12.1 Å². The highest BCUT2D eigenvalue weighted by atomic mass is 19.4. The second-order valence-electron chi connectivity index (χ2n) is 5.34. The normalized spacial score (nSPS) is 11.4. The molecule has 0 aliphatic carbocycles. The molecule has 0 saturated heterocycles. The Hall–Kier alpha value is -2.17. The molecule has 0 aromatic heterocycles. The zero-order valence-corrected chi connectivity index (χ0v) is 12.7. The molecule has 118 valence electrons. The van der Waals surface area contributed by atoms with Crippen molar-refractivity contribution in [3.8, 4) is 5.75 Å². The van der Waals surface area contributed by atoms with Crippen LogP contribution >= 0.6 is 0 Å². The summed E-state index contributed by atoms with van der Waals surface area (Å²) in [5.41, 5.74) is 4.11. The molecule has 2 aromatic rings. The number of aryl methyl sites for hydroxylation is 2. The van der Waals surface area contributed by atoms with Crippen LogP contribution in [0.25, 0.3) is 0 Å². The molecule has 0 saturated carbocycles. The Morgan fingerprint density at radius 3 is 2.41 bits per heavy atom. The molecule has 2 rings (SSSR count). The zero-order valence-electron chi connectivity index (χ0n) is 12.7. The van der Waals surface area contributed by atoms with E-state index in [1.165, 1.54) is 17.7 Å². The average molecular weight is 309 g/mol. The number of nitrogens with zero attached hydrogens (tertiary/aromatic N) is 1. The predicted molar refractivity (Wildman–Crippen MR) is 81.1 cm³/mol. The number of ether oxygens (including phenoxy) is 1. The van der Waals surface area contributed by atoms with Crippen LogP contribution in [-0.2, 0) is 6.54 Å². The standard InChI is InChI=1S/C17H18F3NO/c1-12-7-8-16(13(2)9-12)21(3)11-14-5-4-6-15(10-14)22-17(18,19)20/h4-10H,11H2,1-3H3. The van der Waals surface area contributed by atoms with Crippen LogP contribution in [0.1, 0.15) is 16.7 Å². The first kappa shape index (κ1) is 16.2. The molecule has 0 radical (unpaired) electrons. The monoisotopic (exact) mass is 309 g/mol. The molecular weight excluding hydrogens is 291 g/mol. The minimum atomic E-state index is -4.67. The van der Waals surface area contributed by atoms with E-state index >= 15 is 0 Å². The van der Waals surface area contributed by atoms with Crippen molar-refractivity contribution in [2.24, 2.45) is 0 Å². The topological polar surface area (TPSA) is 12.5 Å². The van der Waals surface area contributed by atoms with Gasteiger partial charge in [0.25, 0.3) is 0 Å². The lowest BCUT2D eigenvalue weighted by Crippen LogP contribution is -2.19. The number of alkyl halides is 3. The van der Waals surface area contributed by atoms with Gasteiger partial charge in [0.15, 0.2) is 0 Å². The van der Waals surface area contributed by atoms with Crippen molar-refractivity contribution in [2.45, 2.75) is 26.8 Å². The van der Waals surface area contributed by atoms with Crippen LogP contribution in [0.15, 0.2) is 42.5 Å². The molecule has 2 aromatic carbocycles. The maximum absolute atomic E-state index is 12.3. The van der Waals surface area contributed by atoms with E-state index in [9.17, 15) is 13.2 Å². The largest absolute Gasteiger partial charge is 0.573 e. The van der Waals surface area contributed by atoms with Gasteiger partial charge in [-0.25, -0.2) is 0 Å². The summed E-state index contributed by atoms with van der Waals surface area (Å²) >= 11 is 0. The van der Waals surface area contributed by atoms with Gasteiger partial charge in [0.2, 0.25) is 0 Å². The molecule has 0 heterocycles. The van der Waals surface area contributed by atoms with Crippen molar-refractivity contribution in [1.29, 1.82) is 0 Å². The van der Waals surface area contributed by atoms with Crippen LogP contribution in [0.4, 0.5) is 18.9 Å². The van der Waals surface area contributed by atoms with E-state index in [1.807, 2.05) is 37.9 Å². The molecule has 0 bridgehead atoms. The third-order valence-corrected chi connectivity index (χ3v) is 3.32. The molecule has 0 spiro atoms. The maximum atomic E-state index is 12.3. The lowest BCUT2D eigenvalue weighted by molar-refractivity contribution is -0.274. The third kappa shape index (κ3) is 4.41. The summed E-state index contributed by atoms with van der Waals surface area (Å²) in [5.74, 6) is -0.195. The first-order valence-corrected chi connectivity index (χ1v) is 6.88. The van der Waals surface area contributed by atoms with E-state index < -0.39 is 6.36 Å². The van der Waals surface area contributed by atoms with Gasteiger partial charge in [0.05, 0.1) is 0 Å². The fourth-order valence-corrected chi connectivity index (χ4v) is 2.43. The van der Waals surface area contributed by atoms with Gasteiger partial charge in [-0.2, -0.15) is 0 Å². The van der Waals surface area contributed by atoms with Crippen LogP contribution in [-0.4, -0.2) is 13.4 Å². The lowest BCUT2D eigenvalue weighted by Gasteiger charge is -2.22. The van der Waals surface area contributed by atoms with Crippen molar-refractivity contribution in [3.63, 3.8) is 0 Å². The van der Waals surface area contributed by atoms with Crippen molar-refractivity contribution in [3.05, 3.63) is 59.2 Å². The Bertz CT molecular complexity index is 653. The summed E-state index contributed by atoms with van der Waals surface area (Å²) in [7, 11) is 1.91. The summed E-state index contributed by atoms with van der Waals surface area (Å²) in [5, 5.41) is 0. The van der Waals surface area contributed by atoms with Gasteiger partial charge in [-0.15, -0.1) is 13.2 Å².